The average Bonchev–Trinajstić information content (AvgIpc) is 2.91. The Kier molecular flexibility index (Phi) is 5.92. The second-order valence-corrected chi connectivity index (χ2v) is 6.88. The molecule has 1 aromatic heterocycles. The van der Waals surface area contributed by atoms with Crippen molar-refractivity contribution in [3.8, 4) is 0 Å². The molecule has 1 heterocycles. The summed E-state index contributed by atoms with van der Waals surface area (Å²) in [6.07, 6.45) is 0. The molecule has 7 heteroatoms. The van der Waals surface area contributed by atoms with E-state index in [4.69, 9.17) is 0 Å². The molecule has 0 aliphatic carbocycles. The monoisotopic (exact) mass is 346 g/mol. The van der Waals surface area contributed by atoms with Gasteiger partial charge in [0.25, 0.3) is 5.91 Å². The number of aryl methyl sites for hydroxylation is 1. The lowest BCUT2D eigenvalue weighted by Crippen LogP contribution is -2.35. The van der Waals surface area contributed by atoms with E-state index < -0.39 is 0 Å². The lowest BCUT2D eigenvalue weighted by Gasteiger charge is -2.19. The largest absolute Gasteiger partial charge is 0.336 e. The van der Waals surface area contributed by atoms with Gasteiger partial charge in [-0.2, -0.15) is 0 Å². The zero-order valence-electron chi connectivity index (χ0n) is 14.3. The summed E-state index contributed by atoms with van der Waals surface area (Å²) in [5, 5.41) is 8.39. The van der Waals surface area contributed by atoms with Crippen LogP contribution in [-0.2, 0) is 6.54 Å². The van der Waals surface area contributed by atoms with E-state index in [1.165, 1.54) is 0 Å². The van der Waals surface area contributed by atoms with Crippen LogP contribution in [-0.4, -0.2) is 34.9 Å². The molecular weight excluding hydrogens is 324 g/mol. The van der Waals surface area contributed by atoms with Crippen molar-refractivity contribution in [2.75, 3.05) is 12.4 Å². The highest BCUT2D eigenvalue weighted by Gasteiger charge is 2.18. The quantitative estimate of drug-likeness (QED) is 0.873. The first-order valence-electron chi connectivity index (χ1n) is 7.70. The first-order valence-corrected chi connectivity index (χ1v) is 8.57. The fourth-order valence-electron chi connectivity index (χ4n) is 2.20. The summed E-state index contributed by atoms with van der Waals surface area (Å²) in [5.74, 6) is -0.166. The fraction of sp³-hybridized carbons (Fsp3) is 0.353. The van der Waals surface area contributed by atoms with Crippen LogP contribution in [0.2, 0.25) is 0 Å². The van der Waals surface area contributed by atoms with Crippen molar-refractivity contribution < 1.29 is 9.59 Å². The summed E-state index contributed by atoms with van der Waals surface area (Å²) in [5.41, 5.74) is 1.80. The third kappa shape index (κ3) is 4.79. The van der Waals surface area contributed by atoms with Gasteiger partial charge in [-0.1, -0.05) is 12.1 Å². The maximum absolute atomic E-state index is 12.7. The van der Waals surface area contributed by atoms with Gasteiger partial charge in [0.05, 0.1) is 28.5 Å². The Hall–Kier alpha value is -2.41. The van der Waals surface area contributed by atoms with Crippen molar-refractivity contribution in [2.24, 2.45) is 0 Å². The van der Waals surface area contributed by atoms with Gasteiger partial charge in [-0.15, -0.1) is 11.3 Å². The number of para-hydroxylation sites is 1. The number of urea groups is 1. The molecule has 2 rings (SSSR count). The van der Waals surface area contributed by atoms with Crippen molar-refractivity contribution in [3.63, 3.8) is 0 Å². The van der Waals surface area contributed by atoms with Crippen molar-refractivity contribution in [1.82, 2.24) is 15.2 Å². The topological polar surface area (TPSA) is 74.3 Å². The molecular formula is C17H22N4O2S. The average molecular weight is 346 g/mol. The van der Waals surface area contributed by atoms with Crippen molar-refractivity contribution in [3.05, 3.63) is 45.9 Å². The van der Waals surface area contributed by atoms with E-state index in [9.17, 15) is 9.59 Å². The Labute approximate surface area is 145 Å². The van der Waals surface area contributed by atoms with Crippen LogP contribution in [0.15, 0.2) is 29.6 Å². The SMILES string of the molecule is Cc1nc(CN(C)C(=O)c2ccccc2NC(=O)NC(C)C)cs1. The second-order valence-electron chi connectivity index (χ2n) is 5.82. The molecule has 0 aliphatic rings. The van der Waals surface area contributed by atoms with E-state index in [1.54, 1.807) is 47.5 Å². The van der Waals surface area contributed by atoms with Crippen molar-refractivity contribution in [2.45, 2.75) is 33.4 Å². The van der Waals surface area contributed by atoms with Crippen molar-refractivity contribution in [1.29, 1.82) is 0 Å². The number of benzene rings is 1. The first-order chi connectivity index (χ1) is 11.4. The molecule has 0 atom stereocenters. The highest BCUT2D eigenvalue weighted by atomic mass is 32.1. The lowest BCUT2D eigenvalue weighted by molar-refractivity contribution is 0.0784. The lowest BCUT2D eigenvalue weighted by atomic mass is 10.1. The third-order valence-corrected chi connectivity index (χ3v) is 4.06. The second kappa shape index (κ2) is 7.92. The zero-order chi connectivity index (χ0) is 17.7. The number of carbonyl (C=O) groups excluding carboxylic acids is 2. The van der Waals surface area contributed by atoms with Gasteiger partial charge in [0.1, 0.15) is 0 Å². The summed E-state index contributed by atoms with van der Waals surface area (Å²) in [4.78, 5) is 30.6. The number of rotatable bonds is 5. The van der Waals surface area contributed by atoms with Crippen LogP contribution in [0.25, 0.3) is 0 Å². The van der Waals surface area contributed by atoms with Gasteiger partial charge in [-0.05, 0) is 32.9 Å². The van der Waals surface area contributed by atoms with Gasteiger partial charge in [0.2, 0.25) is 0 Å². The molecule has 2 N–H and O–H groups in total. The molecule has 0 saturated heterocycles. The predicted molar refractivity (Wildman–Crippen MR) is 96.4 cm³/mol. The third-order valence-electron chi connectivity index (χ3n) is 3.24. The smallest absolute Gasteiger partial charge is 0.319 e. The van der Waals surface area contributed by atoms with Gasteiger partial charge in [-0.25, -0.2) is 9.78 Å². The van der Waals surface area contributed by atoms with E-state index in [2.05, 4.69) is 15.6 Å². The van der Waals surface area contributed by atoms with Crippen LogP contribution in [0, 0.1) is 6.92 Å². The molecule has 0 fully saturated rings. The summed E-state index contributed by atoms with van der Waals surface area (Å²) in [6.45, 7) is 6.11. The summed E-state index contributed by atoms with van der Waals surface area (Å²) >= 11 is 1.56. The molecule has 0 saturated carbocycles. The van der Waals surface area contributed by atoms with Crippen LogP contribution in [0.1, 0.15) is 34.9 Å². The maximum atomic E-state index is 12.7. The standard InChI is InChI=1S/C17H22N4O2S/c1-11(2)18-17(23)20-15-8-6-5-7-14(15)16(22)21(4)9-13-10-24-12(3)19-13/h5-8,10-11H,9H2,1-4H3,(H2,18,20,23). The first kappa shape index (κ1) is 17.9. The summed E-state index contributed by atoms with van der Waals surface area (Å²) < 4.78 is 0. The van der Waals surface area contributed by atoms with Gasteiger partial charge >= 0.3 is 6.03 Å². The van der Waals surface area contributed by atoms with Crippen molar-refractivity contribution >= 4 is 29.0 Å². The molecule has 0 aliphatic heterocycles. The number of aromatic nitrogens is 1. The normalized spacial score (nSPS) is 10.5. The number of anilines is 1. The van der Waals surface area contributed by atoms with Gasteiger partial charge in [0.15, 0.2) is 0 Å². The highest BCUT2D eigenvalue weighted by Crippen LogP contribution is 2.18. The predicted octanol–water partition coefficient (Wildman–Crippen LogP) is 3.25. The van der Waals surface area contributed by atoms with Gasteiger partial charge in [0, 0.05) is 18.5 Å². The highest BCUT2D eigenvalue weighted by molar-refractivity contribution is 7.09. The maximum Gasteiger partial charge on any atom is 0.319 e. The molecule has 24 heavy (non-hydrogen) atoms. The molecule has 1 aromatic carbocycles. The molecule has 3 amide bonds. The minimum absolute atomic E-state index is 0.0171. The summed E-state index contributed by atoms with van der Waals surface area (Å²) in [7, 11) is 1.72. The van der Waals surface area contributed by atoms with Crippen LogP contribution < -0.4 is 10.6 Å². The Bertz CT molecular complexity index is 727. The molecule has 128 valence electrons. The number of amides is 3. The molecule has 0 radical (unpaired) electrons. The van der Waals surface area contributed by atoms with Crippen LogP contribution >= 0.6 is 11.3 Å². The van der Waals surface area contributed by atoms with E-state index >= 15 is 0 Å². The number of hydrogen-bond acceptors (Lipinski definition) is 4. The van der Waals surface area contributed by atoms with E-state index in [0.717, 1.165) is 10.7 Å². The van der Waals surface area contributed by atoms with Gasteiger partial charge in [-0.3, -0.25) is 4.79 Å². The molecule has 0 unspecified atom stereocenters. The summed E-state index contributed by atoms with van der Waals surface area (Å²) in [6, 6.07) is 6.67. The molecule has 2 aromatic rings. The number of hydrogen-bond donors (Lipinski definition) is 2. The number of thiazole rings is 1. The fourth-order valence-corrected chi connectivity index (χ4v) is 2.80. The minimum atomic E-state index is -0.331. The molecule has 6 nitrogen and oxygen atoms in total. The number of nitrogens with zero attached hydrogens (tertiary/aromatic N) is 2. The van der Waals surface area contributed by atoms with Crippen LogP contribution in [0.3, 0.4) is 0 Å². The Morgan fingerprint density at radius 2 is 2.00 bits per heavy atom. The van der Waals surface area contributed by atoms with Crippen LogP contribution in [0.4, 0.5) is 10.5 Å². The zero-order valence-corrected chi connectivity index (χ0v) is 15.1. The van der Waals surface area contributed by atoms with Crippen LogP contribution in [0.5, 0.6) is 0 Å². The number of carbonyl (C=O) groups is 2. The van der Waals surface area contributed by atoms with E-state index in [-0.39, 0.29) is 18.0 Å². The Balaban J connectivity index is 2.12. The van der Waals surface area contributed by atoms with E-state index in [1.807, 2.05) is 26.2 Å². The van der Waals surface area contributed by atoms with E-state index in [0.29, 0.717) is 17.8 Å². The molecule has 0 spiro atoms. The Morgan fingerprint density at radius 3 is 2.62 bits per heavy atom. The number of nitrogens with one attached hydrogen (secondary N) is 2. The molecule has 0 bridgehead atoms. The Morgan fingerprint density at radius 1 is 1.29 bits per heavy atom. The minimum Gasteiger partial charge on any atom is -0.336 e. The van der Waals surface area contributed by atoms with Gasteiger partial charge < -0.3 is 15.5 Å².